The molecule has 1 saturated carbocycles. The summed E-state index contributed by atoms with van der Waals surface area (Å²) in [6, 6.07) is 2.43. The third-order valence-corrected chi connectivity index (χ3v) is 2.98. The Labute approximate surface area is 92.9 Å². The number of rotatable bonds is 3. The van der Waals surface area contributed by atoms with Crippen molar-refractivity contribution >= 4 is 11.2 Å². The molecule has 3 rings (SSSR count). The van der Waals surface area contributed by atoms with Crippen LogP contribution < -0.4 is 5.73 Å². The van der Waals surface area contributed by atoms with Gasteiger partial charge in [-0.15, -0.1) is 0 Å². The SMILES string of the molecule is NCC(O)c1cnc2c(c1)ncn2C1CC1. The van der Waals surface area contributed by atoms with E-state index in [0.717, 1.165) is 16.7 Å². The Balaban J connectivity index is 2.05. The van der Waals surface area contributed by atoms with E-state index in [0.29, 0.717) is 6.04 Å². The molecule has 1 fully saturated rings. The molecular weight excluding hydrogens is 204 g/mol. The van der Waals surface area contributed by atoms with E-state index in [4.69, 9.17) is 5.73 Å². The van der Waals surface area contributed by atoms with Crippen molar-refractivity contribution in [1.29, 1.82) is 0 Å². The van der Waals surface area contributed by atoms with Gasteiger partial charge in [-0.05, 0) is 18.9 Å². The highest BCUT2D eigenvalue weighted by Gasteiger charge is 2.25. The van der Waals surface area contributed by atoms with E-state index in [1.807, 2.05) is 12.4 Å². The van der Waals surface area contributed by atoms with E-state index >= 15 is 0 Å². The van der Waals surface area contributed by atoms with Gasteiger partial charge in [-0.1, -0.05) is 0 Å². The maximum absolute atomic E-state index is 9.62. The first-order chi connectivity index (χ1) is 7.79. The molecule has 2 aromatic rings. The smallest absolute Gasteiger partial charge is 0.160 e. The van der Waals surface area contributed by atoms with E-state index in [1.165, 1.54) is 12.8 Å². The number of hydrogen-bond acceptors (Lipinski definition) is 4. The minimum Gasteiger partial charge on any atom is -0.387 e. The summed E-state index contributed by atoms with van der Waals surface area (Å²) in [5, 5.41) is 9.62. The summed E-state index contributed by atoms with van der Waals surface area (Å²) in [5.74, 6) is 0. The highest BCUT2D eigenvalue weighted by molar-refractivity contribution is 5.71. The molecule has 0 amide bonds. The summed E-state index contributed by atoms with van der Waals surface area (Å²) in [6.45, 7) is 0.205. The van der Waals surface area contributed by atoms with Crippen LogP contribution >= 0.6 is 0 Å². The van der Waals surface area contributed by atoms with Crippen LogP contribution in [0, 0.1) is 0 Å². The van der Waals surface area contributed by atoms with Crippen LogP contribution in [-0.2, 0) is 0 Å². The van der Waals surface area contributed by atoms with Gasteiger partial charge in [0, 0.05) is 24.3 Å². The third kappa shape index (κ3) is 1.48. The van der Waals surface area contributed by atoms with Crippen LogP contribution in [0.25, 0.3) is 11.2 Å². The first kappa shape index (κ1) is 9.74. The predicted molar refractivity (Wildman–Crippen MR) is 59.8 cm³/mol. The van der Waals surface area contributed by atoms with Crippen molar-refractivity contribution in [2.24, 2.45) is 5.73 Å². The molecule has 0 aromatic carbocycles. The molecule has 0 saturated heterocycles. The Hall–Kier alpha value is -1.46. The molecule has 2 aromatic heterocycles. The quantitative estimate of drug-likeness (QED) is 0.797. The lowest BCUT2D eigenvalue weighted by Crippen LogP contribution is -2.11. The molecule has 16 heavy (non-hydrogen) atoms. The lowest BCUT2D eigenvalue weighted by molar-refractivity contribution is 0.186. The maximum atomic E-state index is 9.62. The number of nitrogens with two attached hydrogens (primary N) is 1. The number of fused-ring (bicyclic) bond motifs is 1. The van der Waals surface area contributed by atoms with Crippen molar-refractivity contribution in [3.8, 4) is 0 Å². The molecule has 1 aliphatic rings. The van der Waals surface area contributed by atoms with Crippen molar-refractivity contribution in [3.05, 3.63) is 24.2 Å². The molecule has 3 N–H and O–H groups in total. The zero-order chi connectivity index (χ0) is 11.1. The van der Waals surface area contributed by atoms with Crippen LogP contribution in [0.2, 0.25) is 0 Å². The summed E-state index contributed by atoms with van der Waals surface area (Å²) in [6.07, 6.45) is 5.28. The molecule has 0 aliphatic heterocycles. The van der Waals surface area contributed by atoms with E-state index in [9.17, 15) is 5.11 Å². The zero-order valence-corrected chi connectivity index (χ0v) is 8.87. The molecular formula is C11H14N4O. The van der Waals surface area contributed by atoms with Gasteiger partial charge in [0.1, 0.15) is 5.52 Å². The van der Waals surface area contributed by atoms with Gasteiger partial charge < -0.3 is 15.4 Å². The standard InChI is InChI=1S/C11H14N4O/c12-4-10(16)7-3-9-11(13-5-7)15(6-14-9)8-1-2-8/h3,5-6,8,10,16H,1-2,4,12H2. The van der Waals surface area contributed by atoms with Gasteiger partial charge in [-0.2, -0.15) is 0 Å². The number of hydrogen-bond donors (Lipinski definition) is 2. The van der Waals surface area contributed by atoms with Gasteiger partial charge >= 0.3 is 0 Å². The van der Waals surface area contributed by atoms with Crippen molar-refractivity contribution in [1.82, 2.24) is 14.5 Å². The van der Waals surface area contributed by atoms with Crippen LogP contribution in [0.3, 0.4) is 0 Å². The molecule has 0 spiro atoms. The Kier molecular flexibility index (Phi) is 2.15. The van der Waals surface area contributed by atoms with Crippen LogP contribution in [0.15, 0.2) is 18.6 Å². The third-order valence-electron chi connectivity index (χ3n) is 2.98. The highest BCUT2D eigenvalue weighted by atomic mass is 16.3. The Bertz CT molecular complexity index is 518. The van der Waals surface area contributed by atoms with Gasteiger partial charge in [0.25, 0.3) is 0 Å². The second kappa shape index (κ2) is 3.54. The lowest BCUT2D eigenvalue weighted by atomic mass is 10.1. The molecule has 5 heteroatoms. The summed E-state index contributed by atoms with van der Waals surface area (Å²) in [4.78, 5) is 8.66. The van der Waals surface area contributed by atoms with Crippen LogP contribution in [0.4, 0.5) is 0 Å². The number of imidazole rings is 1. The molecule has 1 atom stereocenters. The molecule has 1 aliphatic carbocycles. The maximum Gasteiger partial charge on any atom is 0.160 e. The first-order valence-electron chi connectivity index (χ1n) is 5.50. The monoisotopic (exact) mass is 218 g/mol. The fourth-order valence-corrected chi connectivity index (χ4v) is 1.87. The Morgan fingerprint density at radius 2 is 2.31 bits per heavy atom. The number of aliphatic hydroxyl groups excluding tert-OH is 1. The number of aliphatic hydroxyl groups is 1. The summed E-state index contributed by atoms with van der Waals surface area (Å²) in [5.41, 5.74) is 7.87. The minimum absolute atomic E-state index is 0.205. The largest absolute Gasteiger partial charge is 0.387 e. The van der Waals surface area contributed by atoms with Gasteiger partial charge in [-0.25, -0.2) is 9.97 Å². The van der Waals surface area contributed by atoms with Gasteiger partial charge in [-0.3, -0.25) is 0 Å². The van der Waals surface area contributed by atoms with Gasteiger partial charge in [0.05, 0.1) is 12.4 Å². The summed E-state index contributed by atoms with van der Waals surface area (Å²) < 4.78 is 2.11. The van der Waals surface area contributed by atoms with E-state index in [2.05, 4.69) is 14.5 Å². The molecule has 84 valence electrons. The zero-order valence-electron chi connectivity index (χ0n) is 8.87. The fourth-order valence-electron chi connectivity index (χ4n) is 1.87. The Morgan fingerprint density at radius 1 is 1.50 bits per heavy atom. The second-order valence-electron chi connectivity index (χ2n) is 4.25. The highest BCUT2D eigenvalue weighted by Crippen LogP contribution is 2.36. The van der Waals surface area contributed by atoms with Crippen molar-refractivity contribution in [2.75, 3.05) is 6.54 Å². The van der Waals surface area contributed by atoms with Gasteiger partial charge in [0.2, 0.25) is 0 Å². The number of aromatic nitrogens is 3. The molecule has 5 nitrogen and oxygen atoms in total. The van der Waals surface area contributed by atoms with Gasteiger partial charge in [0.15, 0.2) is 5.65 Å². The average Bonchev–Trinajstić information content (AvgIpc) is 3.08. The molecule has 0 bridgehead atoms. The summed E-state index contributed by atoms with van der Waals surface area (Å²) in [7, 11) is 0. The van der Waals surface area contributed by atoms with Crippen molar-refractivity contribution in [3.63, 3.8) is 0 Å². The average molecular weight is 218 g/mol. The van der Waals surface area contributed by atoms with E-state index in [1.54, 1.807) is 6.20 Å². The molecule has 1 unspecified atom stereocenters. The number of nitrogens with zero attached hydrogens (tertiary/aromatic N) is 3. The minimum atomic E-state index is -0.650. The van der Waals surface area contributed by atoms with Crippen molar-refractivity contribution < 1.29 is 5.11 Å². The van der Waals surface area contributed by atoms with Crippen LogP contribution in [0.5, 0.6) is 0 Å². The molecule has 2 heterocycles. The van der Waals surface area contributed by atoms with Crippen LogP contribution in [-0.4, -0.2) is 26.2 Å². The molecule has 0 radical (unpaired) electrons. The normalized spacial score (nSPS) is 17.9. The van der Waals surface area contributed by atoms with E-state index in [-0.39, 0.29) is 6.54 Å². The Morgan fingerprint density at radius 3 is 3.00 bits per heavy atom. The fraction of sp³-hybridized carbons (Fsp3) is 0.455. The summed E-state index contributed by atoms with van der Waals surface area (Å²) >= 11 is 0. The topological polar surface area (TPSA) is 77.0 Å². The van der Waals surface area contributed by atoms with Crippen LogP contribution in [0.1, 0.15) is 30.6 Å². The lowest BCUT2D eigenvalue weighted by Gasteiger charge is -2.07. The second-order valence-corrected chi connectivity index (χ2v) is 4.25. The predicted octanol–water partition coefficient (Wildman–Crippen LogP) is 0.758. The van der Waals surface area contributed by atoms with Crippen molar-refractivity contribution in [2.45, 2.75) is 25.0 Å². The van der Waals surface area contributed by atoms with E-state index < -0.39 is 6.10 Å². The number of pyridine rings is 1. The first-order valence-corrected chi connectivity index (χ1v) is 5.50.